The predicted octanol–water partition coefficient (Wildman–Crippen LogP) is 4.89. The summed E-state index contributed by atoms with van der Waals surface area (Å²) in [5.41, 5.74) is 4.83. The molecule has 1 saturated heterocycles. The van der Waals surface area contributed by atoms with Crippen molar-refractivity contribution in [2.75, 3.05) is 29.9 Å². The maximum absolute atomic E-state index is 13.1. The van der Waals surface area contributed by atoms with Crippen LogP contribution >= 0.6 is 0 Å². The summed E-state index contributed by atoms with van der Waals surface area (Å²) in [5, 5.41) is 3.14. The van der Waals surface area contributed by atoms with Crippen molar-refractivity contribution in [3.63, 3.8) is 0 Å². The first-order valence-electron chi connectivity index (χ1n) is 11.1. The van der Waals surface area contributed by atoms with Gasteiger partial charge in [-0.15, -0.1) is 0 Å². The molecule has 1 aliphatic rings. The fourth-order valence-electron chi connectivity index (χ4n) is 3.98. The summed E-state index contributed by atoms with van der Waals surface area (Å²) in [6.07, 6.45) is 2.68. The van der Waals surface area contributed by atoms with Crippen LogP contribution in [-0.4, -0.2) is 35.6 Å². The van der Waals surface area contributed by atoms with E-state index in [-0.39, 0.29) is 11.8 Å². The molecule has 1 amide bonds. The number of amides is 1. The number of fused-ring (bicyclic) bond motifs is 1. The van der Waals surface area contributed by atoms with Gasteiger partial charge in [-0.3, -0.25) is 4.79 Å². The monoisotopic (exact) mass is 418 g/mol. The van der Waals surface area contributed by atoms with Gasteiger partial charge in [0.15, 0.2) is 5.82 Å². The molecule has 1 N–H and O–H groups in total. The zero-order valence-corrected chi connectivity index (χ0v) is 18.5. The number of benzene rings is 2. The molecule has 6 nitrogen and oxygen atoms in total. The van der Waals surface area contributed by atoms with E-state index in [9.17, 15) is 4.79 Å². The van der Waals surface area contributed by atoms with Crippen molar-refractivity contribution in [2.45, 2.75) is 40.0 Å². The Morgan fingerprint density at radius 1 is 1.13 bits per heavy atom. The lowest BCUT2D eigenvalue weighted by atomic mass is 9.96. The van der Waals surface area contributed by atoms with E-state index < -0.39 is 0 Å². The van der Waals surface area contributed by atoms with Gasteiger partial charge in [0.1, 0.15) is 0 Å². The lowest BCUT2D eigenvalue weighted by Gasteiger charge is -2.33. The molecule has 0 aliphatic carbocycles. The minimum Gasteiger partial charge on any atom is -0.475 e. The number of aryl methyl sites for hydroxylation is 1. The summed E-state index contributed by atoms with van der Waals surface area (Å²) in [7, 11) is 0. The number of anilines is 2. The Labute approximate surface area is 183 Å². The zero-order chi connectivity index (χ0) is 21.8. The molecule has 0 radical (unpaired) electrons. The van der Waals surface area contributed by atoms with Crippen molar-refractivity contribution in [3.8, 4) is 5.88 Å². The fraction of sp³-hybridized carbons (Fsp3) is 0.400. The Hall–Kier alpha value is -3.15. The van der Waals surface area contributed by atoms with E-state index in [2.05, 4.69) is 30.1 Å². The lowest BCUT2D eigenvalue weighted by Crippen LogP contribution is -2.41. The van der Waals surface area contributed by atoms with Gasteiger partial charge in [0.2, 0.25) is 5.91 Å². The van der Waals surface area contributed by atoms with Crippen LogP contribution < -0.4 is 15.0 Å². The lowest BCUT2D eigenvalue weighted by molar-refractivity contribution is -0.120. The molecular weight excluding hydrogens is 388 g/mol. The summed E-state index contributed by atoms with van der Waals surface area (Å²) in [6.45, 7) is 8.20. The van der Waals surface area contributed by atoms with Crippen LogP contribution in [0.5, 0.6) is 5.88 Å². The highest BCUT2D eigenvalue weighted by Gasteiger charge is 2.29. The minimum atomic E-state index is -0.110. The highest BCUT2D eigenvalue weighted by Crippen LogP contribution is 2.31. The molecule has 0 spiro atoms. The van der Waals surface area contributed by atoms with Crippen LogP contribution in [0.4, 0.5) is 11.5 Å². The molecule has 0 unspecified atom stereocenters. The zero-order valence-electron chi connectivity index (χ0n) is 18.5. The number of nitrogens with zero attached hydrogens (tertiary/aromatic N) is 3. The number of hydrogen-bond donors (Lipinski definition) is 1. The normalized spacial score (nSPS) is 16.4. The molecule has 2 aromatic carbocycles. The molecule has 0 bridgehead atoms. The molecule has 6 heteroatoms. The van der Waals surface area contributed by atoms with E-state index in [1.165, 1.54) is 5.56 Å². The third-order valence-corrected chi connectivity index (χ3v) is 5.92. The van der Waals surface area contributed by atoms with Gasteiger partial charge in [-0.25, -0.2) is 9.97 Å². The van der Waals surface area contributed by atoms with Gasteiger partial charge in [0.05, 0.1) is 23.6 Å². The molecule has 1 fully saturated rings. The Kier molecular flexibility index (Phi) is 6.35. The van der Waals surface area contributed by atoms with Crippen molar-refractivity contribution in [3.05, 3.63) is 53.6 Å². The van der Waals surface area contributed by atoms with Crippen molar-refractivity contribution < 1.29 is 9.53 Å². The molecule has 4 rings (SSSR count). The SMILES string of the molecule is CCCOc1nc2ccccc2nc1N1CCC[C@@H](C(=O)Nc2cccc(C)c2C)C1. The molecule has 31 heavy (non-hydrogen) atoms. The van der Waals surface area contributed by atoms with Crippen molar-refractivity contribution in [1.29, 1.82) is 0 Å². The molecule has 2 heterocycles. The topological polar surface area (TPSA) is 67.4 Å². The first-order chi connectivity index (χ1) is 15.1. The van der Waals surface area contributed by atoms with Gasteiger partial charge in [-0.05, 0) is 62.4 Å². The van der Waals surface area contributed by atoms with E-state index in [1.807, 2.05) is 43.3 Å². The number of para-hydroxylation sites is 2. The van der Waals surface area contributed by atoms with Crippen LogP contribution in [-0.2, 0) is 4.79 Å². The van der Waals surface area contributed by atoms with Gasteiger partial charge in [-0.2, -0.15) is 0 Å². The highest BCUT2D eigenvalue weighted by atomic mass is 16.5. The Morgan fingerprint density at radius 3 is 2.68 bits per heavy atom. The second-order valence-corrected chi connectivity index (χ2v) is 8.21. The molecule has 1 aliphatic heterocycles. The summed E-state index contributed by atoms with van der Waals surface area (Å²) in [6, 6.07) is 13.8. The number of ether oxygens (including phenoxy) is 1. The second-order valence-electron chi connectivity index (χ2n) is 8.21. The number of rotatable bonds is 6. The average Bonchev–Trinajstić information content (AvgIpc) is 2.80. The summed E-state index contributed by atoms with van der Waals surface area (Å²) >= 11 is 0. The quantitative estimate of drug-likeness (QED) is 0.617. The van der Waals surface area contributed by atoms with Crippen LogP contribution in [0.2, 0.25) is 0 Å². The first kappa shape index (κ1) is 21.1. The standard InChI is InChI=1S/C25H30N4O2/c1-4-15-31-25-23(26-21-11-5-6-12-22(21)28-25)29-14-8-10-19(16-29)24(30)27-20-13-7-9-17(2)18(20)3/h5-7,9,11-13,19H,4,8,10,14-16H2,1-3H3,(H,27,30)/t19-/m1/s1. The van der Waals surface area contributed by atoms with Gasteiger partial charge in [-0.1, -0.05) is 31.2 Å². The van der Waals surface area contributed by atoms with E-state index in [4.69, 9.17) is 14.7 Å². The van der Waals surface area contributed by atoms with Crippen LogP contribution in [0.3, 0.4) is 0 Å². The van der Waals surface area contributed by atoms with Crippen LogP contribution in [0.15, 0.2) is 42.5 Å². The summed E-state index contributed by atoms with van der Waals surface area (Å²) in [5.74, 6) is 1.23. The molecule has 1 atom stereocenters. The number of hydrogen-bond acceptors (Lipinski definition) is 5. The fourth-order valence-corrected chi connectivity index (χ4v) is 3.98. The molecule has 0 saturated carbocycles. The number of carbonyl (C=O) groups excluding carboxylic acids is 1. The molecule has 3 aromatic rings. The van der Waals surface area contributed by atoms with Gasteiger partial charge >= 0.3 is 0 Å². The number of piperidine rings is 1. The molecule has 1 aromatic heterocycles. The third kappa shape index (κ3) is 4.63. The third-order valence-electron chi connectivity index (χ3n) is 5.92. The summed E-state index contributed by atoms with van der Waals surface area (Å²) in [4.78, 5) is 24.8. The van der Waals surface area contributed by atoms with Gasteiger partial charge in [0.25, 0.3) is 5.88 Å². The van der Waals surface area contributed by atoms with E-state index >= 15 is 0 Å². The maximum Gasteiger partial charge on any atom is 0.258 e. The average molecular weight is 419 g/mol. The van der Waals surface area contributed by atoms with Crippen LogP contribution in [0.1, 0.15) is 37.3 Å². The Balaban J connectivity index is 1.57. The van der Waals surface area contributed by atoms with Crippen molar-refractivity contribution >= 4 is 28.4 Å². The van der Waals surface area contributed by atoms with Crippen molar-refractivity contribution in [1.82, 2.24) is 9.97 Å². The summed E-state index contributed by atoms with van der Waals surface area (Å²) < 4.78 is 5.95. The highest BCUT2D eigenvalue weighted by molar-refractivity contribution is 5.94. The van der Waals surface area contributed by atoms with E-state index in [1.54, 1.807) is 0 Å². The van der Waals surface area contributed by atoms with E-state index in [0.717, 1.165) is 53.9 Å². The number of aromatic nitrogens is 2. The van der Waals surface area contributed by atoms with Gasteiger partial charge in [0, 0.05) is 18.8 Å². The smallest absolute Gasteiger partial charge is 0.258 e. The van der Waals surface area contributed by atoms with Crippen LogP contribution in [0.25, 0.3) is 11.0 Å². The molecule has 162 valence electrons. The van der Waals surface area contributed by atoms with E-state index in [0.29, 0.717) is 19.0 Å². The Bertz CT molecular complexity index is 1080. The number of nitrogens with one attached hydrogen (secondary N) is 1. The second kappa shape index (κ2) is 9.33. The Morgan fingerprint density at radius 2 is 1.90 bits per heavy atom. The van der Waals surface area contributed by atoms with Gasteiger partial charge < -0.3 is 15.0 Å². The number of carbonyl (C=O) groups is 1. The first-order valence-corrected chi connectivity index (χ1v) is 11.1. The molecular formula is C25H30N4O2. The van der Waals surface area contributed by atoms with Crippen molar-refractivity contribution in [2.24, 2.45) is 5.92 Å². The predicted molar refractivity (Wildman–Crippen MR) is 125 cm³/mol. The minimum absolute atomic E-state index is 0.0585. The van der Waals surface area contributed by atoms with Crippen LogP contribution in [0, 0.1) is 19.8 Å². The maximum atomic E-state index is 13.1. The largest absolute Gasteiger partial charge is 0.475 e.